The van der Waals surface area contributed by atoms with E-state index in [0.717, 1.165) is 13.2 Å². The Hall–Kier alpha value is -2.56. The molecule has 1 radical (unpaired) electrons. The van der Waals surface area contributed by atoms with E-state index in [9.17, 15) is 37.2 Å². The number of carbonyl (C=O) groups is 1. The Labute approximate surface area is 201 Å². The first-order valence-electron chi connectivity index (χ1n) is 9.70. The molecule has 1 aliphatic rings. The van der Waals surface area contributed by atoms with Gasteiger partial charge in [0.05, 0.1) is 35.8 Å². The Bertz CT molecular complexity index is 1300. The Balaban J connectivity index is 2.37. The van der Waals surface area contributed by atoms with Gasteiger partial charge in [-0.25, -0.2) is 9.36 Å². The number of nitrogens with zero attached hydrogens (tertiary/aromatic N) is 1. The normalized spacial score (nSPS) is 16.9. The molecule has 10 nitrogen and oxygen atoms in total. The van der Waals surface area contributed by atoms with Crippen LogP contribution in [0, 0.1) is 10.1 Å². The third-order valence-corrected chi connectivity index (χ3v) is 8.69. The topological polar surface area (TPSA) is 131 Å². The molecule has 2 unspecified atom stereocenters. The smallest absolute Gasteiger partial charge is 0.416 e. The van der Waals surface area contributed by atoms with E-state index in [1.54, 1.807) is 0 Å². The molecule has 16 heteroatoms. The molecule has 0 fully saturated rings. The first kappa shape index (κ1) is 27.0. The van der Waals surface area contributed by atoms with Gasteiger partial charge in [-0.1, -0.05) is 11.6 Å². The average molecular weight is 557 g/mol. The van der Waals surface area contributed by atoms with Crippen LogP contribution in [0.4, 0.5) is 18.9 Å². The largest absolute Gasteiger partial charge is 0.465 e. The van der Waals surface area contributed by atoms with Gasteiger partial charge in [-0.15, -0.1) is 0 Å². The van der Waals surface area contributed by atoms with E-state index < -0.39 is 76.4 Å². The number of carbonyl (C=O) groups excluding carboxylic acids is 1. The number of ether oxygens (including phenoxy) is 2. The lowest BCUT2D eigenvalue weighted by molar-refractivity contribution is -0.383. The summed E-state index contributed by atoms with van der Waals surface area (Å²) in [4.78, 5) is 23.5. The number of benzene rings is 2. The van der Waals surface area contributed by atoms with Crippen LogP contribution in [0.2, 0.25) is 5.02 Å². The van der Waals surface area contributed by atoms with Crippen LogP contribution in [0.25, 0.3) is 0 Å². The van der Waals surface area contributed by atoms with Gasteiger partial charge in [-0.3, -0.25) is 14.7 Å². The lowest BCUT2D eigenvalue weighted by atomic mass is 10.1. The quantitative estimate of drug-likeness (QED) is 0.184. The van der Waals surface area contributed by atoms with Crippen molar-refractivity contribution < 1.29 is 50.5 Å². The third kappa shape index (κ3) is 4.79. The van der Waals surface area contributed by atoms with Crippen molar-refractivity contribution in [2.45, 2.75) is 20.0 Å². The number of alkyl halides is 3. The van der Waals surface area contributed by atoms with Crippen molar-refractivity contribution in [3.05, 3.63) is 44.5 Å². The van der Waals surface area contributed by atoms with E-state index >= 15 is 0 Å². The zero-order chi connectivity index (χ0) is 26.3. The molecule has 2 atom stereocenters. The average Bonchev–Trinajstić information content (AvgIpc) is 3.37. The summed E-state index contributed by atoms with van der Waals surface area (Å²) in [7, 11) is -6.21. The maximum atomic E-state index is 13.4. The van der Waals surface area contributed by atoms with Crippen LogP contribution in [-0.2, 0) is 29.1 Å². The van der Waals surface area contributed by atoms with Crippen molar-refractivity contribution in [2.75, 3.05) is 20.3 Å². The zero-order valence-corrected chi connectivity index (χ0v) is 20.7. The molecule has 2 aromatic carbocycles. The van der Waals surface area contributed by atoms with E-state index in [-0.39, 0.29) is 18.5 Å². The number of nitro benzene ring substituents is 1. The number of halogens is 4. The zero-order valence-electron chi connectivity index (χ0n) is 18.2. The molecule has 0 saturated heterocycles. The van der Waals surface area contributed by atoms with Gasteiger partial charge in [0.2, 0.25) is 0 Å². The lowest BCUT2D eigenvalue weighted by Gasteiger charge is -2.15. The van der Waals surface area contributed by atoms with Gasteiger partial charge >= 0.3 is 12.1 Å². The molecule has 1 heterocycles. The highest BCUT2D eigenvalue weighted by Crippen LogP contribution is 2.62. The molecule has 0 spiro atoms. The van der Waals surface area contributed by atoms with Gasteiger partial charge in [0.25, 0.3) is 21.1 Å². The lowest BCUT2D eigenvalue weighted by Crippen LogP contribution is -2.24. The van der Waals surface area contributed by atoms with Gasteiger partial charge in [-0.2, -0.15) is 13.2 Å². The maximum absolute atomic E-state index is 13.4. The molecule has 3 rings (SSSR count). The van der Waals surface area contributed by atoms with Gasteiger partial charge in [0.1, 0.15) is 21.7 Å². The van der Waals surface area contributed by atoms with Crippen molar-refractivity contribution in [1.82, 2.24) is 0 Å². The summed E-state index contributed by atoms with van der Waals surface area (Å²) in [6.07, 6.45) is -4.71. The first-order chi connectivity index (χ1) is 16.3. The van der Waals surface area contributed by atoms with Crippen LogP contribution in [0.1, 0.15) is 29.8 Å². The molecule has 2 aromatic rings. The second-order valence-corrected chi connectivity index (χ2v) is 10.6. The first-order valence-corrected chi connectivity index (χ1v) is 12.9. The van der Waals surface area contributed by atoms with Gasteiger partial charge < -0.3 is 18.5 Å². The Morgan fingerprint density at radius 3 is 2.37 bits per heavy atom. The predicted octanol–water partition coefficient (Wildman–Crippen LogP) is 4.83. The molecule has 0 aliphatic carbocycles. The summed E-state index contributed by atoms with van der Waals surface area (Å²) >= 11 is 5.96. The molecule has 0 aromatic heterocycles. The van der Waals surface area contributed by atoms with Crippen molar-refractivity contribution >= 4 is 54.6 Å². The molecule has 1 aliphatic heterocycles. The maximum Gasteiger partial charge on any atom is 0.416 e. The number of fused-ring (bicyclic) bond motifs is 1. The molecular weight excluding hydrogens is 541 g/mol. The van der Waals surface area contributed by atoms with E-state index in [1.807, 2.05) is 0 Å². The minimum absolute atomic E-state index is 0.162. The number of methoxy groups -OCH3 is 1. The van der Waals surface area contributed by atoms with Crippen LogP contribution < -0.4 is 20.7 Å². The van der Waals surface area contributed by atoms with E-state index in [4.69, 9.17) is 25.4 Å². The van der Waals surface area contributed by atoms with E-state index in [0.29, 0.717) is 12.1 Å². The summed E-state index contributed by atoms with van der Waals surface area (Å²) in [6.45, 7) is 2.58. The second-order valence-electron chi connectivity index (χ2n) is 6.74. The van der Waals surface area contributed by atoms with Crippen LogP contribution in [0.15, 0.2) is 18.2 Å². The predicted molar refractivity (Wildman–Crippen MR) is 118 cm³/mol. The number of hydrogen-bond acceptors (Lipinski definition) is 9. The fourth-order valence-corrected chi connectivity index (χ4v) is 7.05. The second kappa shape index (κ2) is 9.83. The molecule has 0 saturated carbocycles. The third-order valence-electron chi connectivity index (χ3n) is 4.67. The van der Waals surface area contributed by atoms with E-state index in [1.165, 1.54) is 13.8 Å². The van der Waals surface area contributed by atoms with Crippen molar-refractivity contribution in [3.8, 4) is 11.5 Å². The minimum Gasteiger partial charge on any atom is -0.465 e. The van der Waals surface area contributed by atoms with Gasteiger partial charge in [0, 0.05) is 0 Å². The summed E-state index contributed by atoms with van der Waals surface area (Å²) in [5.41, 5.74) is -2.89. The Morgan fingerprint density at radius 1 is 1.23 bits per heavy atom. The van der Waals surface area contributed by atoms with E-state index in [2.05, 4.69) is 4.74 Å². The van der Waals surface area contributed by atoms with Gasteiger partial charge in [0.15, 0.2) is 11.3 Å². The standard InChI is InChI=1S/C19H16ClF3NO9P2/c1-4-31-34(28)15-12(18(25)30-3)13(24(26)27)16-17(35(16,29)32-5-2)14(15)33-11-7-6-9(8-10(11)20)19(21,22)23/h6-8H,4-5H2,1-3H3. The minimum atomic E-state index is -4.71. The van der Waals surface area contributed by atoms with Crippen LogP contribution in [0.5, 0.6) is 11.5 Å². The van der Waals surface area contributed by atoms with Crippen molar-refractivity contribution in [1.29, 1.82) is 0 Å². The molecule has 0 N–H and O–H groups in total. The Morgan fingerprint density at radius 2 is 1.89 bits per heavy atom. The SMILES string of the molecule is CCO[P](=O)c1c(Oc2ccc(C(F)(F)F)cc2Cl)c2c(c([N+](=O)[O-])c1C(=O)OC)P2(=O)OCC. The summed E-state index contributed by atoms with van der Waals surface area (Å²) in [6, 6.07) is 2.06. The fraction of sp³-hybridized carbons (Fsp3) is 0.316. The number of esters is 1. The summed E-state index contributed by atoms with van der Waals surface area (Å²) in [5.74, 6) is -2.28. The molecule has 189 valence electrons. The number of rotatable bonds is 9. The molecule has 0 bridgehead atoms. The highest BCUT2D eigenvalue weighted by Gasteiger charge is 2.61. The highest BCUT2D eigenvalue weighted by atomic mass is 35.5. The molecular formula is C19H16ClF3NO9P2. The molecule has 35 heavy (non-hydrogen) atoms. The summed E-state index contributed by atoms with van der Waals surface area (Å²) < 4.78 is 86.0. The van der Waals surface area contributed by atoms with Gasteiger partial charge in [-0.05, 0) is 32.0 Å². The molecule has 0 amide bonds. The number of nitro groups is 1. The van der Waals surface area contributed by atoms with Crippen molar-refractivity contribution in [3.63, 3.8) is 0 Å². The summed E-state index contributed by atoms with van der Waals surface area (Å²) in [5, 5.41) is 9.88. The monoisotopic (exact) mass is 556 g/mol. The van der Waals surface area contributed by atoms with Crippen LogP contribution in [-0.4, -0.2) is 31.2 Å². The van der Waals surface area contributed by atoms with Crippen LogP contribution >= 0.6 is 27.0 Å². The fourth-order valence-electron chi connectivity index (χ4n) is 3.27. The number of hydrogen-bond donors (Lipinski definition) is 0. The Kier molecular flexibility index (Phi) is 7.59. The highest BCUT2D eigenvalue weighted by molar-refractivity contribution is 7.86. The van der Waals surface area contributed by atoms with Crippen molar-refractivity contribution in [2.24, 2.45) is 0 Å². The van der Waals surface area contributed by atoms with Crippen LogP contribution in [0.3, 0.4) is 0 Å².